The molecule has 0 aromatic heterocycles. The Morgan fingerprint density at radius 1 is 1.37 bits per heavy atom. The molecule has 1 amide bonds. The Morgan fingerprint density at radius 3 is 2.47 bits per heavy atom. The molecule has 0 spiro atoms. The molecule has 0 aliphatic carbocycles. The topological polar surface area (TPSA) is 64.3 Å². The largest absolute Gasteiger partial charge is 0.383 e. The van der Waals surface area contributed by atoms with Crippen LogP contribution in [0.15, 0.2) is 30.3 Å². The molecule has 106 valence electrons. The van der Waals surface area contributed by atoms with E-state index in [0.717, 1.165) is 5.56 Å². The Morgan fingerprint density at radius 2 is 2.00 bits per heavy atom. The van der Waals surface area contributed by atoms with Gasteiger partial charge in [-0.1, -0.05) is 44.2 Å². The Labute approximate surface area is 115 Å². The number of hydrogen-bond donors (Lipinski definition) is 2. The molecular weight excluding hydrogens is 240 g/mol. The standard InChI is InChI=1S/C15H24N2O2/c1-12(2)11-15(14(16)18,17-9-10-19-3)13-7-5-4-6-8-13/h4-8,12,17H,9-11H2,1-3H3,(H2,16,18). The van der Waals surface area contributed by atoms with Crippen LogP contribution in [0.3, 0.4) is 0 Å². The van der Waals surface area contributed by atoms with Crippen molar-refractivity contribution in [1.29, 1.82) is 0 Å². The Kier molecular flexibility index (Phi) is 5.99. The second kappa shape index (κ2) is 7.26. The summed E-state index contributed by atoms with van der Waals surface area (Å²) in [5.41, 5.74) is 5.78. The van der Waals surface area contributed by atoms with Crippen molar-refractivity contribution in [3.63, 3.8) is 0 Å². The van der Waals surface area contributed by atoms with Crippen LogP contribution in [0, 0.1) is 5.92 Å². The van der Waals surface area contributed by atoms with Crippen LogP contribution >= 0.6 is 0 Å². The molecule has 0 radical (unpaired) electrons. The van der Waals surface area contributed by atoms with Gasteiger partial charge in [-0.2, -0.15) is 0 Å². The first-order valence-corrected chi connectivity index (χ1v) is 6.62. The number of amides is 1. The predicted molar refractivity (Wildman–Crippen MR) is 76.6 cm³/mol. The van der Waals surface area contributed by atoms with Gasteiger partial charge in [0.2, 0.25) is 5.91 Å². The Bertz CT molecular complexity index is 392. The zero-order valence-electron chi connectivity index (χ0n) is 12.0. The number of primary amides is 1. The van der Waals surface area contributed by atoms with Crippen molar-refractivity contribution in [2.45, 2.75) is 25.8 Å². The molecule has 0 saturated carbocycles. The molecule has 19 heavy (non-hydrogen) atoms. The summed E-state index contributed by atoms with van der Waals surface area (Å²) in [6.45, 7) is 5.29. The molecule has 0 heterocycles. The van der Waals surface area contributed by atoms with E-state index in [9.17, 15) is 4.79 Å². The lowest BCUT2D eigenvalue weighted by molar-refractivity contribution is -0.125. The van der Waals surface area contributed by atoms with Crippen LogP contribution in [-0.4, -0.2) is 26.2 Å². The van der Waals surface area contributed by atoms with Crippen molar-refractivity contribution in [2.75, 3.05) is 20.3 Å². The minimum atomic E-state index is -0.825. The van der Waals surface area contributed by atoms with Crippen molar-refractivity contribution in [2.24, 2.45) is 11.7 Å². The van der Waals surface area contributed by atoms with E-state index in [1.165, 1.54) is 0 Å². The molecule has 1 aromatic rings. The second-order valence-corrected chi connectivity index (χ2v) is 5.15. The fourth-order valence-electron chi connectivity index (χ4n) is 2.32. The van der Waals surface area contributed by atoms with Crippen molar-refractivity contribution in [1.82, 2.24) is 5.32 Å². The molecule has 0 aliphatic heterocycles. The molecule has 0 fully saturated rings. The molecule has 1 rings (SSSR count). The summed E-state index contributed by atoms with van der Waals surface area (Å²) in [6.07, 6.45) is 0.663. The number of hydrogen-bond acceptors (Lipinski definition) is 3. The number of benzene rings is 1. The maximum atomic E-state index is 12.1. The quantitative estimate of drug-likeness (QED) is 0.702. The van der Waals surface area contributed by atoms with Gasteiger partial charge in [0.05, 0.1) is 6.61 Å². The van der Waals surface area contributed by atoms with Gasteiger partial charge in [0.15, 0.2) is 0 Å². The average molecular weight is 264 g/mol. The van der Waals surface area contributed by atoms with Crippen LogP contribution in [0.4, 0.5) is 0 Å². The van der Waals surface area contributed by atoms with Crippen LogP contribution in [0.5, 0.6) is 0 Å². The highest BCUT2D eigenvalue weighted by Gasteiger charge is 2.38. The van der Waals surface area contributed by atoms with E-state index >= 15 is 0 Å². The third-order valence-electron chi connectivity index (χ3n) is 3.13. The normalized spacial score (nSPS) is 14.3. The predicted octanol–water partition coefficient (Wildman–Crippen LogP) is 1.65. The highest BCUT2D eigenvalue weighted by molar-refractivity contribution is 5.86. The lowest BCUT2D eigenvalue weighted by Gasteiger charge is -2.34. The van der Waals surface area contributed by atoms with Crippen LogP contribution < -0.4 is 11.1 Å². The lowest BCUT2D eigenvalue weighted by atomic mass is 9.81. The van der Waals surface area contributed by atoms with Gasteiger partial charge in [-0.15, -0.1) is 0 Å². The minimum absolute atomic E-state index is 0.344. The van der Waals surface area contributed by atoms with E-state index in [1.807, 2.05) is 30.3 Å². The number of nitrogens with two attached hydrogens (primary N) is 1. The number of carbonyl (C=O) groups is 1. The zero-order chi connectivity index (χ0) is 14.3. The first kappa shape index (κ1) is 15.7. The molecule has 4 nitrogen and oxygen atoms in total. The van der Waals surface area contributed by atoms with Gasteiger partial charge in [-0.25, -0.2) is 0 Å². The highest BCUT2D eigenvalue weighted by Crippen LogP contribution is 2.28. The van der Waals surface area contributed by atoms with Crippen LogP contribution in [-0.2, 0) is 15.1 Å². The van der Waals surface area contributed by atoms with Gasteiger partial charge in [-0.3, -0.25) is 10.1 Å². The van der Waals surface area contributed by atoms with Crippen molar-refractivity contribution >= 4 is 5.91 Å². The molecule has 3 N–H and O–H groups in total. The highest BCUT2D eigenvalue weighted by atomic mass is 16.5. The SMILES string of the molecule is COCCNC(CC(C)C)(C(N)=O)c1ccccc1. The Balaban J connectivity index is 3.08. The molecular formula is C15H24N2O2. The number of ether oxygens (including phenoxy) is 1. The summed E-state index contributed by atoms with van der Waals surface area (Å²) < 4.78 is 5.04. The van der Waals surface area contributed by atoms with Gasteiger partial charge in [-0.05, 0) is 17.9 Å². The summed E-state index contributed by atoms with van der Waals surface area (Å²) in [5.74, 6) is 0.00579. The molecule has 0 aliphatic rings. The van der Waals surface area contributed by atoms with Gasteiger partial charge >= 0.3 is 0 Å². The van der Waals surface area contributed by atoms with Gasteiger partial charge in [0.25, 0.3) is 0 Å². The second-order valence-electron chi connectivity index (χ2n) is 5.15. The van der Waals surface area contributed by atoms with Crippen molar-refractivity contribution in [3.05, 3.63) is 35.9 Å². The summed E-state index contributed by atoms with van der Waals surface area (Å²) in [5, 5.41) is 3.28. The van der Waals surface area contributed by atoms with Crippen LogP contribution in [0.1, 0.15) is 25.8 Å². The zero-order valence-corrected chi connectivity index (χ0v) is 12.0. The molecule has 1 atom stereocenters. The maximum absolute atomic E-state index is 12.1. The van der Waals surface area contributed by atoms with E-state index < -0.39 is 5.54 Å². The van der Waals surface area contributed by atoms with Crippen molar-refractivity contribution in [3.8, 4) is 0 Å². The lowest BCUT2D eigenvalue weighted by Crippen LogP contribution is -2.54. The smallest absolute Gasteiger partial charge is 0.242 e. The summed E-state index contributed by atoms with van der Waals surface area (Å²) in [4.78, 5) is 12.1. The van der Waals surface area contributed by atoms with E-state index in [1.54, 1.807) is 7.11 Å². The average Bonchev–Trinajstić information content (AvgIpc) is 2.38. The number of rotatable bonds is 8. The first-order valence-electron chi connectivity index (χ1n) is 6.62. The molecule has 4 heteroatoms. The molecule has 1 unspecified atom stereocenters. The van der Waals surface area contributed by atoms with Crippen molar-refractivity contribution < 1.29 is 9.53 Å². The number of carbonyl (C=O) groups excluding carboxylic acids is 1. The van der Waals surface area contributed by atoms with Crippen LogP contribution in [0.2, 0.25) is 0 Å². The van der Waals surface area contributed by atoms with E-state index in [4.69, 9.17) is 10.5 Å². The third kappa shape index (κ3) is 4.04. The fourth-order valence-corrected chi connectivity index (χ4v) is 2.32. The molecule has 0 bridgehead atoms. The fraction of sp³-hybridized carbons (Fsp3) is 0.533. The monoisotopic (exact) mass is 264 g/mol. The van der Waals surface area contributed by atoms with Gasteiger partial charge in [0, 0.05) is 13.7 Å². The van der Waals surface area contributed by atoms with E-state index in [0.29, 0.717) is 25.5 Å². The first-order chi connectivity index (χ1) is 9.03. The number of methoxy groups -OCH3 is 1. The molecule has 0 saturated heterocycles. The van der Waals surface area contributed by atoms with Gasteiger partial charge in [0.1, 0.15) is 5.54 Å². The van der Waals surface area contributed by atoms with Crippen LogP contribution in [0.25, 0.3) is 0 Å². The maximum Gasteiger partial charge on any atom is 0.242 e. The summed E-state index contributed by atoms with van der Waals surface area (Å²) in [7, 11) is 1.64. The molecule has 1 aromatic carbocycles. The Hall–Kier alpha value is -1.39. The summed E-state index contributed by atoms with van der Waals surface area (Å²) in [6, 6.07) is 9.65. The number of nitrogens with one attached hydrogen (secondary N) is 1. The minimum Gasteiger partial charge on any atom is -0.383 e. The third-order valence-corrected chi connectivity index (χ3v) is 3.13. The van der Waals surface area contributed by atoms with Gasteiger partial charge < -0.3 is 10.5 Å². The summed E-state index contributed by atoms with van der Waals surface area (Å²) >= 11 is 0. The van der Waals surface area contributed by atoms with E-state index in [2.05, 4.69) is 19.2 Å². The van der Waals surface area contributed by atoms with E-state index in [-0.39, 0.29) is 5.91 Å².